The zero-order valence-electron chi connectivity index (χ0n) is 13.4. The van der Waals surface area contributed by atoms with Crippen molar-refractivity contribution in [2.24, 2.45) is 0 Å². The van der Waals surface area contributed by atoms with Gasteiger partial charge in [0.15, 0.2) is 0 Å². The van der Waals surface area contributed by atoms with Crippen molar-refractivity contribution in [3.63, 3.8) is 0 Å². The molecule has 0 aliphatic rings. The maximum Gasteiger partial charge on any atom is 0.230 e. The minimum atomic E-state index is 0.0357. The van der Waals surface area contributed by atoms with Gasteiger partial charge in [0.25, 0.3) is 0 Å². The molecule has 0 spiro atoms. The number of rotatable bonds is 8. The quantitative estimate of drug-likeness (QED) is 0.723. The van der Waals surface area contributed by atoms with E-state index in [1.54, 1.807) is 24.9 Å². The lowest BCUT2D eigenvalue weighted by atomic mass is 10.1. The first-order valence-corrected chi connectivity index (χ1v) is 9.41. The molecule has 2 aromatic rings. The third-order valence-corrected chi connectivity index (χ3v) is 5.12. The van der Waals surface area contributed by atoms with Crippen LogP contribution in [0.1, 0.15) is 11.1 Å². The van der Waals surface area contributed by atoms with E-state index in [9.17, 15) is 4.79 Å². The Hall–Kier alpha value is -1.36. The van der Waals surface area contributed by atoms with Gasteiger partial charge in [-0.15, -0.1) is 11.8 Å². The van der Waals surface area contributed by atoms with Crippen LogP contribution in [-0.4, -0.2) is 25.3 Å². The van der Waals surface area contributed by atoms with E-state index in [1.165, 1.54) is 5.56 Å². The highest BCUT2D eigenvalue weighted by Gasteiger charge is 2.04. The smallest absolute Gasteiger partial charge is 0.230 e. The van der Waals surface area contributed by atoms with Gasteiger partial charge in [0.05, 0.1) is 22.9 Å². The molecular formula is C18H19Cl2NO2S. The molecule has 0 unspecified atom stereocenters. The molecule has 3 nitrogen and oxygen atoms in total. The van der Waals surface area contributed by atoms with Crippen molar-refractivity contribution < 1.29 is 9.53 Å². The van der Waals surface area contributed by atoms with Crippen LogP contribution in [0, 0.1) is 0 Å². The Morgan fingerprint density at radius 2 is 1.79 bits per heavy atom. The Bertz CT molecular complexity index is 677. The molecule has 0 aliphatic carbocycles. The molecule has 128 valence electrons. The van der Waals surface area contributed by atoms with E-state index in [-0.39, 0.29) is 5.91 Å². The normalized spacial score (nSPS) is 10.5. The first-order chi connectivity index (χ1) is 11.6. The average molecular weight is 384 g/mol. The number of nitrogens with one attached hydrogen (secondary N) is 1. The lowest BCUT2D eigenvalue weighted by Crippen LogP contribution is -2.27. The molecule has 0 aromatic heterocycles. The maximum atomic E-state index is 11.8. The molecule has 2 aromatic carbocycles. The fraction of sp³-hybridized carbons (Fsp3) is 0.278. The van der Waals surface area contributed by atoms with Gasteiger partial charge in [-0.05, 0) is 41.8 Å². The van der Waals surface area contributed by atoms with E-state index in [0.717, 1.165) is 23.5 Å². The Morgan fingerprint density at radius 3 is 2.46 bits per heavy atom. The van der Waals surface area contributed by atoms with Gasteiger partial charge in [0.1, 0.15) is 5.75 Å². The summed E-state index contributed by atoms with van der Waals surface area (Å²) in [6, 6.07) is 13.4. The fourth-order valence-corrected chi connectivity index (χ4v) is 3.21. The van der Waals surface area contributed by atoms with Gasteiger partial charge in [-0.25, -0.2) is 0 Å². The lowest BCUT2D eigenvalue weighted by Gasteiger charge is -2.07. The predicted molar refractivity (Wildman–Crippen MR) is 102 cm³/mol. The first-order valence-electron chi connectivity index (χ1n) is 7.50. The molecule has 0 saturated heterocycles. The summed E-state index contributed by atoms with van der Waals surface area (Å²) < 4.78 is 5.12. The van der Waals surface area contributed by atoms with E-state index in [2.05, 4.69) is 5.32 Å². The molecule has 0 atom stereocenters. The highest BCUT2D eigenvalue weighted by molar-refractivity contribution is 7.99. The van der Waals surface area contributed by atoms with Crippen molar-refractivity contribution in [1.82, 2.24) is 5.32 Å². The van der Waals surface area contributed by atoms with Crippen LogP contribution >= 0.6 is 35.0 Å². The molecule has 0 radical (unpaired) electrons. The molecule has 0 bridgehead atoms. The molecule has 0 heterocycles. The van der Waals surface area contributed by atoms with Gasteiger partial charge in [-0.2, -0.15) is 0 Å². The Kier molecular flexibility index (Phi) is 7.76. The number of hydrogen-bond donors (Lipinski definition) is 1. The number of benzene rings is 2. The van der Waals surface area contributed by atoms with E-state index >= 15 is 0 Å². The standard InChI is InChI=1S/C18H19Cl2NO2S/c1-23-15-5-2-13(3-6-15)8-9-21-18(22)12-24-11-14-4-7-16(19)17(20)10-14/h2-7,10H,8-9,11-12H2,1H3,(H,21,22). The summed E-state index contributed by atoms with van der Waals surface area (Å²) >= 11 is 13.4. The van der Waals surface area contributed by atoms with Crippen molar-refractivity contribution >= 4 is 40.9 Å². The summed E-state index contributed by atoms with van der Waals surface area (Å²) in [7, 11) is 1.64. The summed E-state index contributed by atoms with van der Waals surface area (Å²) in [5.41, 5.74) is 2.22. The van der Waals surface area contributed by atoms with Crippen LogP contribution < -0.4 is 10.1 Å². The molecule has 0 aliphatic heterocycles. The summed E-state index contributed by atoms with van der Waals surface area (Å²) in [6.07, 6.45) is 0.799. The van der Waals surface area contributed by atoms with E-state index in [1.807, 2.05) is 36.4 Å². The molecular weight excluding hydrogens is 365 g/mol. The van der Waals surface area contributed by atoms with Crippen molar-refractivity contribution in [3.05, 3.63) is 63.6 Å². The van der Waals surface area contributed by atoms with Gasteiger partial charge in [-0.1, -0.05) is 41.4 Å². The summed E-state index contributed by atoms with van der Waals surface area (Å²) in [6.45, 7) is 0.624. The minimum Gasteiger partial charge on any atom is -0.497 e. The molecule has 0 saturated carbocycles. The van der Waals surface area contributed by atoms with Crippen LogP contribution in [0.25, 0.3) is 0 Å². The number of halogens is 2. The molecule has 24 heavy (non-hydrogen) atoms. The molecule has 6 heteroatoms. The van der Waals surface area contributed by atoms with E-state index in [4.69, 9.17) is 27.9 Å². The van der Waals surface area contributed by atoms with E-state index < -0.39 is 0 Å². The van der Waals surface area contributed by atoms with Crippen molar-refractivity contribution in [3.8, 4) is 5.75 Å². The van der Waals surface area contributed by atoms with Gasteiger partial charge >= 0.3 is 0 Å². The third kappa shape index (κ3) is 6.27. The van der Waals surface area contributed by atoms with Crippen LogP contribution in [0.2, 0.25) is 10.0 Å². The highest BCUT2D eigenvalue weighted by Crippen LogP contribution is 2.24. The van der Waals surface area contributed by atoms with E-state index in [0.29, 0.717) is 22.3 Å². The van der Waals surface area contributed by atoms with Crippen molar-refractivity contribution in [1.29, 1.82) is 0 Å². The number of ether oxygens (including phenoxy) is 1. The topological polar surface area (TPSA) is 38.3 Å². The van der Waals surface area contributed by atoms with Gasteiger partial charge in [0.2, 0.25) is 5.91 Å². The molecule has 1 amide bonds. The number of amides is 1. The number of carbonyl (C=O) groups excluding carboxylic acids is 1. The molecule has 1 N–H and O–H groups in total. The number of carbonyl (C=O) groups is 1. The minimum absolute atomic E-state index is 0.0357. The second-order valence-electron chi connectivity index (χ2n) is 5.19. The second-order valence-corrected chi connectivity index (χ2v) is 6.99. The second kappa shape index (κ2) is 9.82. The highest BCUT2D eigenvalue weighted by atomic mass is 35.5. The Balaban J connectivity index is 1.64. The summed E-state index contributed by atoms with van der Waals surface area (Å²) in [4.78, 5) is 11.8. The summed E-state index contributed by atoms with van der Waals surface area (Å²) in [5, 5.41) is 4.01. The molecule has 2 rings (SSSR count). The number of thioether (sulfide) groups is 1. The van der Waals surface area contributed by atoms with Crippen LogP contribution in [0.15, 0.2) is 42.5 Å². The molecule has 0 fully saturated rings. The summed E-state index contributed by atoms with van der Waals surface area (Å²) in [5.74, 6) is 2.01. The lowest BCUT2D eigenvalue weighted by molar-refractivity contribution is -0.118. The Morgan fingerprint density at radius 1 is 1.08 bits per heavy atom. The first kappa shape index (κ1) is 19.0. The van der Waals surface area contributed by atoms with Crippen LogP contribution in [-0.2, 0) is 17.0 Å². The SMILES string of the molecule is COc1ccc(CCNC(=O)CSCc2ccc(Cl)c(Cl)c2)cc1. The zero-order valence-corrected chi connectivity index (χ0v) is 15.7. The van der Waals surface area contributed by atoms with Crippen LogP contribution in [0.5, 0.6) is 5.75 Å². The van der Waals surface area contributed by atoms with Crippen LogP contribution in [0.4, 0.5) is 0 Å². The largest absolute Gasteiger partial charge is 0.497 e. The van der Waals surface area contributed by atoms with Crippen molar-refractivity contribution in [2.75, 3.05) is 19.4 Å². The van der Waals surface area contributed by atoms with Crippen molar-refractivity contribution in [2.45, 2.75) is 12.2 Å². The van der Waals surface area contributed by atoms with Gasteiger partial charge in [0, 0.05) is 12.3 Å². The third-order valence-electron chi connectivity index (χ3n) is 3.38. The maximum absolute atomic E-state index is 11.8. The van der Waals surface area contributed by atoms with Gasteiger partial charge in [-0.3, -0.25) is 4.79 Å². The van der Waals surface area contributed by atoms with Crippen LogP contribution in [0.3, 0.4) is 0 Å². The zero-order chi connectivity index (χ0) is 17.4. The predicted octanol–water partition coefficient (Wildman–Crippen LogP) is 4.59. The monoisotopic (exact) mass is 383 g/mol. The number of hydrogen-bond acceptors (Lipinski definition) is 3. The fourth-order valence-electron chi connectivity index (χ4n) is 2.08. The van der Waals surface area contributed by atoms with Gasteiger partial charge < -0.3 is 10.1 Å². The number of methoxy groups -OCH3 is 1. The Labute approximate surface area is 156 Å². The average Bonchev–Trinajstić information content (AvgIpc) is 2.59.